The van der Waals surface area contributed by atoms with Gasteiger partial charge in [0.2, 0.25) is 0 Å². The van der Waals surface area contributed by atoms with Crippen molar-refractivity contribution in [1.29, 1.82) is 0 Å². The number of carbonyl (C=O) groups is 2. The number of aliphatic imine (C=N–C) groups is 1. The first-order valence-electron chi connectivity index (χ1n) is 7.06. The molecule has 0 aromatic heterocycles. The molecular formula is C14H11F3N4O3. The zero-order valence-electron chi connectivity index (χ0n) is 12.3. The molecule has 0 bridgehead atoms. The first-order valence-corrected chi connectivity index (χ1v) is 7.06. The second kappa shape index (κ2) is 4.26. The standard InChI is InChI=1S/C14H11F3N4O3/c1-19-11(22)10-14(24)20(4-5-21(14)12(19)23)9-3-2-7(13(15,16)17)6-8(9)18-10/h2-3,6,24H,4-5H2,1H3. The molecule has 4 rings (SSSR count). The summed E-state index contributed by atoms with van der Waals surface area (Å²) in [5.41, 5.74) is -1.11. The molecular weight excluding hydrogens is 329 g/mol. The summed E-state index contributed by atoms with van der Waals surface area (Å²) in [7, 11) is 1.23. The SMILES string of the molecule is CN1C(=O)C2=Nc3cc(C(F)(F)F)ccc3N3CCN(C1=O)C23O. The van der Waals surface area contributed by atoms with E-state index in [0.29, 0.717) is 0 Å². The molecule has 1 aromatic rings. The Morgan fingerprint density at radius 3 is 2.54 bits per heavy atom. The van der Waals surface area contributed by atoms with Gasteiger partial charge < -0.3 is 10.0 Å². The van der Waals surface area contributed by atoms with Crippen LogP contribution in [-0.4, -0.2) is 58.5 Å². The highest BCUT2D eigenvalue weighted by Crippen LogP contribution is 2.46. The minimum absolute atomic E-state index is 0.0672. The third-order valence-electron chi connectivity index (χ3n) is 4.47. The number of halogens is 3. The van der Waals surface area contributed by atoms with Crippen molar-refractivity contribution in [3.05, 3.63) is 23.8 Å². The van der Waals surface area contributed by atoms with Gasteiger partial charge in [-0.05, 0) is 18.2 Å². The summed E-state index contributed by atoms with van der Waals surface area (Å²) >= 11 is 0. The summed E-state index contributed by atoms with van der Waals surface area (Å²) in [5.74, 6) is -2.90. The maximum atomic E-state index is 12.9. The van der Waals surface area contributed by atoms with Gasteiger partial charge in [0.25, 0.3) is 11.8 Å². The third kappa shape index (κ3) is 1.63. The first-order chi connectivity index (χ1) is 11.2. The van der Waals surface area contributed by atoms with E-state index in [1.165, 1.54) is 18.0 Å². The Kier molecular flexibility index (Phi) is 2.65. The Bertz CT molecular complexity index is 822. The summed E-state index contributed by atoms with van der Waals surface area (Å²) in [5, 5.41) is 11.0. The lowest BCUT2D eigenvalue weighted by Gasteiger charge is -2.46. The number of anilines is 1. The topological polar surface area (TPSA) is 76.5 Å². The van der Waals surface area contributed by atoms with E-state index < -0.39 is 29.5 Å². The van der Waals surface area contributed by atoms with Crippen LogP contribution in [0.4, 0.5) is 29.3 Å². The number of amides is 3. The van der Waals surface area contributed by atoms with Crippen molar-refractivity contribution in [2.45, 2.75) is 12.0 Å². The number of rotatable bonds is 0. The van der Waals surface area contributed by atoms with Crippen LogP contribution in [0.1, 0.15) is 5.56 Å². The molecule has 2 saturated heterocycles. The normalized spacial score (nSPS) is 25.7. The molecule has 0 radical (unpaired) electrons. The third-order valence-corrected chi connectivity index (χ3v) is 4.47. The number of aliphatic hydroxyl groups is 1. The summed E-state index contributed by atoms with van der Waals surface area (Å²) in [6.07, 6.45) is -4.55. The number of nitrogens with zero attached hydrogens (tertiary/aromatic N) is 4. The van der Waals surface area contributed by atoms with Crippen LogP contribution in [0, 0.1) is 0 Å². The Labute approximate surface area is 133 Å². The van der Waals surface area contributed by atoms with Crippen molar-refractivity contribution in [3.8, 4) is 0 Å². The van der Waals surface area contributed by atoms with Gasteiger partial charge >= 0.3 is 12.2 Å². The highest BCUT2D eigenvalue weighted by atomic mass is 19.4. The predicted molar refractivity (Wildman–Crippen MR) is 75.7 cm³/mol. The van der Waals surface area contributed by atoms with E-state index in [1.807, 2.05) is 0 Å². The minimum Gasteiger partial charge on any atom is -0.349 e. The Balaban J connectivity index is 1.94. The monoisotopic (exact) mass is 340 g/mol. The molecule has 24 heavy (non-hydrogen) atoms. The molecule has 1 aromatic carbocycles. The van der Waals surface area contributed by atoms with Crippen molar-refractivity contribution >= 4 is 29.0 Å². The number of carbonyl (C=O) groups excluding carboxylic acids is 2. The number of hydrogen-bond donors (Lipinski definition) is 1. The summed E-state index contributed by atoms with van der Waals surface area (Å²) in [6.45, 7) is 0.285. The fourth-order valence-electron chi connectivity index (χ4n) is 3.26. The molecule has 0 saturated carbocycles. The molecule has 1 atom stereocenters. The molecule has 126 valence electrons. The quantitative estimate of drug-likeness (QED) is 0.769. The lowest BCUT2D eigenvalue weighted by molar-refractivity contribution is -0.137. The van der Waals surface area contributed by atoms with Crippen molar-refractivity contribution in [2.24, 2.45) is 4.99 Å². The fraction of sp³-hybridized carbons (Fsp3) is 0.357. The van der Waals surface area contributed by atoms with Crippen LogP contribution in [0.5, 0.6) is 0 Å². The number of imide groups is 1. The molecule has 10 heteroatoms. The van der Waals surface area contributed by atoms with Gasteiger partial charge in [-0.15, -0.1) is 0 Å². The lowest BCUT2D eigenvalue weighted by atomic mass is 10.0. The summed E-state index contributed by atoms with van der Waals surface area (Å²) in [4.78, 5) is 31.7. The highest BCUT2D eigenvalue weighted by Gasteiger charge is 2.61. The van der Waals surface area contributed by atoms with E-state index in [0.717, 1.165) is 21.9 Å². The number of hydrogen-bond acceptors (Lipinski definition) is 5. The molecule has 3 aliphatic rings. The van der Waals surface area contributed by atoms with Crippen LogP contribution in [0.15, 0.2) is 23.2 Å². The van der Waals surface area contributed by atoms with Gasteiger partial charge in [0.15, 0.2) is 5.71 Å². The second-order valence-corrected chi connectivity index (χ2v) is 5.75. The van der Waals surface area contributed by atoms with Crippen LogP contribution in [-0.2, 0) is 11.0 Å². The minimum atomic E-state index is -4.55. The van der Waals surface area contributed by atoms with Crippen molar-refractivity contribution < 1.29 is 27.9 Å². The van der Waals surface area contributed by atoms with E-state index in [-0.39, 0.29) is 30.2 Å². The van der Waals surface area contributed by atoms with Crippen LogP contribution in [0.25, 0.3) is 0 Å². The van der Waals surface area contributed by atoms with E-state index >= 15 is 0 Å². The molecule has 2 fully saturated rings. The van der Waals surface area contributed by atoms with Gasteiger partial charge in [0.1, 0.15) is 0 Å². The van der Waals surface area contributed by atoms with Gasteiger partial charge in [-0.3, -0.25) is 14.6 Å². The summed E-state index contributed by atoms with van der Waals surface area (Å²) in [6, 6.07) is 2.21. The van der Waals surface area contributed by atoms with Gasteiger partial charge in [0, 0.05) is 20.1 Å². The first kappa shape index (κ1) is 14.9. The predicted octanol–water partition coefficient (Wildman–Crippen LogP) is 1.15. The molecule has 3 heterocycles. The molecule has 0 aliphatic carbocycles. The number of benzene rings is 1. The average Bonchev–Trinajstić information content (AvgIpc) is 2.87. The van der Waals surface area contributed by atoms with Gasteiger partial charge in [-0.25, -0.2) is 9.79 Å². The Hall–Kier alpha value is -2.62. The van der Waals surface area contributed by atoms with Crippen LogP contribution in [0.3, 0.4) is 0 Å². The average molecular weight is 340 g/mol. The van der Waals surface area contributed by atoms with Crippen LogP contribution < -0.4 is 4.90 Å². The lowest BCUT2D eigenvalue weighted by Crippen LogP contribution is -2.71. The van der Waals surface area contributed by atoms with Crippen LogP contribution in [0.2, 0.25) is 0 Å². The maximum Gasteiger partial charge on any atom is 0.416 e. The molecule has 1 unspecified atom stereocenters. The van der Waals surface area contributed by atoms with E-state index in [1.54, 1.807) is 0 Å². The molecule has 1 N–H and O–H groups in total. The van der Waals surface area contributed by atoms with Crippen LogP contribution >= 0.6 is 0 Å². The smallest absolute Gasteiger partial charge is 0.349 e. The number of fused-ring (bicyclic) bond motifs is 2. The zero-order chi connectivity index (χ0) is 17.4. The largest absolute Gasteiger partial charge is 0.416 e. The van der Waals surface area contributed by atoms with E-state index in [9.17, 15) is 27.9 Å². The zero-order valence-corrected chi connectivity index (χ0v) is 12.3. The van der Waals surface area contributed by atoms with Gasteiger partial charge in [-0.2, -0.15) is 13.2 Å². The molecule has 3 aliphatic heterocycles. The van der Waals surface area contributed by atoms with Crippen molar-refractivity contribution in [3.63, 3.8) is 0 Å². The Morgan fingerprint density at radius 2 is 1.88 bits per heavy atom. The van der Waals surface area contributed by atoms with E-state index in [2.05, 4.69) is 4.99 Å². The highest BCUT2D eigenvalue weighted by molar-refractivity contribution is 6.47. The molecule has 0 spiro atoms. The summed E-state index contributed by atoms with van der Waals surface area (Å²) < 4.78 is 38.7. The second-order valence-electron chi connectivity index (χ2n) is 5.75. The maximum absolute atomic E-state index is 12.9. The molecule has 7 nitrogen and oxygen atoms in total. The van der Waals surface area contributed by atoms with Gasteiger partial charge in [-0.1, -0.05) is 0 Å². The van der Waals surface area contributed by atoms with E-state index in [4.69, 9.17) is 0 Å². The Morgan fingerprint density at radius 1 is 1.21 bits per heavy atom. The fourth-order valence-corrected chi connectivity index (χ4v) is 3.26. The van der Waals surface area contributed by atoms with Crippen molar-refractivity contribution in [1.82, 2.24) is 9.80 Å². The van der Waals surface area contributed by atoms with Gasteiger partial charge in [0.05, 0.1) is 16.9 Å². The number of urea groups is 1. The number of alkyl halides is 3. The van der Waals surface area contributed by atoms with Crippen molar-refractivity contribution in [2.75, 3.05) is 25.0 Å². The molecule has 3 amide bonds.